The number of nitrogens with zero attached hydrogens (tertiary/aromatic N) is 3. The van der Waals surface area contributed by atoms with Crippen LogP contribution in [0.1, 0.15) is 69.9 Å². The molecular formula is C17H28N4. The summed E-state index contributed by atoms with van der Waals surface area (Å²) in [6.45, 7) is 5.40. The fourth-order valence-electron chi connectivity index (χ4n) is 3.46. The van der Waals surface area contributed by atoms with E-state index in [4.69, 9.17) is 9.97 Å². The zero-order valence-electron chi connectivity index (χ0n) is 13.3. The van der Waals surface area contributed by atoms with Gasteiger partial charge in [-0.1, -0.05) is 19.8 Å². The van der Waals surface area contributed by atoms with Gasteiger partial charge in [-0.3, -0.25) is 0 Å². The molecule has 4 heteroatoms. The van der Waals surface area contributed by atoms with Gasteiger partial charge in [-0.2, -0.15) is 4.98 Å². The van der Waals surface area contributed by atoms with Crippen molar-refractivity contribution >= 4 is 11.8 Å². The molecule has 0 amide bonds. The van der Waals surface area contributed by atoms with Crippen LogP contribution < -0.4 is 10.2 Å². The van der Waals surface area contributed by atoms with Crippen molar-refractivity contribution in [3.05, 3.63) is 11.8 Å². The van der Waals surface area contributed by atoms with Crippen LogP contribution in [0.3, 0.4) is 0 Å². The van der Waals surface area contributed by atoms with Crippen LogP contribution in [-0.4, -0.2) is 29.6 Å². The van der Waals surface area contributed by atoms with Gasteiger partial charge in [0, 0.05) is 31.6 Å². The fraction of sp³-hybridized carbons (Fsp3) is 0.765. The molecule has 2 fully saturated rings. The Morgan fingerprint density at radius 3 is 2.57 bits per heavy atom. The van der Waals surface area contributed by atoms with Gasteiger partial charge in [-0.05, 0) is 38.5 Å². The average molecular weight is 288 g/mol. The van der Waals surface area contributed by atoms with Crippen molar-refractivity contribution in [2.45, 2.75) is 64.2 Å². The Morgan fingerprint density at radius 1 is 1.10 bits per heavy atom. The van der Waals surface area contributed by atoms with E-state index in [2.05, 4.69) is 23.2 Å². The lowest BCUT2D eigenvalue weighted by Crippen LogP contribution is -2.31. The molecule has 116 valence electrons. The molecule has 2 heterocycles. The highest BCUT2D eigenvalue weighted by molar-refractivity contribution is 5.45. The van der Waals surface area contributed by atoms with Crippen molar-refractivity contribution in [1.82, 2.24) is 9.97 Å². The molecule has 0 spiro atoms. The first-order valence-electron chi connectivity index (χ1n) is 8.74. The minimum atomic E-state index is 0.652. The predicted molar refractivity (Wildman–Crippen MR) is 88.1 cm³/mol. The maximum absolute atomic E-state index is 4.92. The van der Waals surface area contributed by atoms with Crippen LogP contribution in [0.4, 0.5) is 11.8 Å². The van der Waals surface area contributed by atoms with Gasteiger partial charge in [0.15, 0.2) is 0 Å². The molecule has 21 heavy (non-hydrogen) atoms. The third-order valence-electron chi connectivity index (χ3n) is 4.70. The van der Waals surface area contributed by atoms with Crippen LogP contribution >= 0.6 is 0 Å². The largest absolute Gasteiger partial charge is 0.370 e. The SMILES string of the molecule is CCCNc1cc(C2CCCC2)nc(N2CCCCC2)n1. The van der Waals surface area contributed by atoms with Gasteiger partial charge in [-0.25, -0.2) is 4.98 Å². The van der Waals surface area contributed by atoms with Gasteiger partial charge >= 0.3 is 0 Å². The van der Waals surface area contributed by atoms with E-state index in [1.165, 1.54) is 50.6 Å². The van der Waals surface area contributed by atoms with Crippen molar-refractivity contribution in [3.8, 4) is 0 Å². The Balaban J connectivity index is 1.84. The number of hydrogen-bond acceptors (Lipinski definition) is 4. The zero-order chi connectivity index (χ0) is 14.5. The maximum Gasteiger partial charge on any atom is 0.227 e. The lowest BCUT2D eigenvalue weighted by Gasteiger charge is -2.27. The van der Waals surface area contributed by atoms with Gasteiger partial charge in [0.05, 0.1) is 5.69 Å². The van der Waals surface area contributed by atoms with Crippen LogP contribution in [0.5, 0.6) is 0 Å². The van der Waals surface area contributed by atoms with Crippen molar-refractivity contribution in [3.63, 3.8) is 0 Å². The molecule has 1 N–H and O–H groups in total. The summed E-state index contributed by atoms with van der Waals surface area (Å²) in [7, 11) is 0. The molecule has 0 atom stereocenters. The molecule has 3 rings (SSSR count). The molecule has 0 aromatic carbocycles. The van der Waals surface area contributed by atoms with Gasteiger partial charge in [0.1, 0.15) is 5.82 Å². The first-order valence-corrected chi connectivity index (χ1v) is 8.74. The molecule has 0 radical (unpaired) electrons. The molecule has 2 aliphatic rings. The standard InChI is InChI=1S/C17H28N4/c1-2-10-18-16-13-15(14-8-4-5-9-14)19-17(20-16)21-11-6-3-7-12-21/h13-14H,2-12H2,1H3,(H,18,19,20). The first-order chi connectivity index (χ1) is 10.4. The molecule has 1 aromatic heterocycles. The molecular weight excluding hydrogens is 260 g/mol. The molecule has 4 nitrogen and oxygen atoms in total. The number of piperidine rings is 1. The number of rotatable bonds is 5. The van der Waals surface area contributed by atoms with Crippen molar-refractivity contribution in [2.24, 2.45) is 0 Å². The van der Waals surface area contributed by atoms with Crippen molar-refractivity contribution in [2.75, 3.05) is 29.9 Å². The Labute approximate surface area is 128 Å². The predicted octanol–water partition coefficient (Wildman–Crippen LogP) is 3.95. The third kappa shape index (κ3) is 3.66. The van der Waals surface area contributed by atoms with Crippen molar-refractivity contribution in [1.29, 1.82) is 0 Å². The summed E-state index contributed by atoms with van der Waals surface area (Å²) in [6.07, 6.45) is 10.3. The van der Waals surface area contributed by atoms with E-state index in [-0.39, 0.29) is 0 Å². The second kappa shape index (κ2) is 7.10. The summed E-state index contributed by atoms with van der Waals surface area (Å²) in [5.41, 5.74) is 1.27. The van der Waals surface area contributed by atoms with E-state index < -0.39 is 0 Å². The highest BCUT2D eigenvalue weighted by atomic mass is 15.3. The van der Waals surface area contributed by atoms with E-state index in [9.17, 15) is 0 Å². The minimum absolute atomic E-state index is 0.652. The van der Waals surface area contributed by atoms with Crippen LogP contribution in [-0.2, 0) is 0 Å². The topological polar surface area (TPSA) is 41.1 Å². The summed E-state index contributed by atoms with van der Waals surface area (Å²) in [5.74, 6) is 2.63. The van der Waals surface area contributed by atoms with Crippen molar-refractivity contribution < 1.29 is 0 Å². The molecule has 1 saturated carbocycles. The number of hydrogen-bond donors (Lipinski definition) is 1. The summed E-state index contributed by atoms with van der Waals surface area (Å²) < 4.78 is 0. The lowest BCUT2D eigenvalue weighted by atomic mass is 10.0. The maximum atomic E-state index is 4.92. The van der Waals surface area contributed by atoms with E-state index in [0.717, 1.165) is 37.8 Å². The summed E-state index contributed by atoms with van der Waals surface area (Å²) in [6, 6.07) is 2.19. The van der Waals surface area contributed by atoms with Gasteiger partial charge in [-0.15, -0.1) is 0 Å². The van der Waals surface area contributed by atoms with E-state index in [0.29, 0.717) is 5.92 Å². The summed E-state index contributed by atoms with van der Waals surface area (Å²) in [5, 5.41) is 3.46. The highest BCUT2D eigenvalue weighted by Crippen LogP contribution is 2.34. The molecule has 0 bridgehead atoms. The summed E-state index contributed by atoms with van der Waals surface area (Å²) in [4.78, 5) is 12.1. The lowest BCUT2D eigenvalue weighted by molar-refractivity contribution is 0.565. The number of aromatic nitrogens is 2. The van der Waals surface area contributed by atoms with E-state index >= 15 is 0 Å². The molecule has 1 aliphatic heterocycles. The first kappa shape index (κ1) is 14.6. The number of nitrogens with one attached hydrogen (secondary N) is 1. The van der Waals surface area contributed by atoms with Gasteiger partial charge < -0.3 is 10.2 Å². The average Bonchev–Trinajstić information content (AvgIpc) is 3.08. The quantitative estimate of drug-likeness (QED) is 0.891. The smallest absolute Gasteiger partial charge is 0.227 e. The Morgan fingerprint density at radius 2 is 1.86 bits per heavy atom. The van der Waals surface area contributed by atoms with Gasteiger partial charge in [0.2, 0.25) is 5.95 Å². The van der Waals surface area contributed by atoms with Crippen LogP contribution in [0.2, 0.25) is 0 Å². The van der Waals surface area contributed by atoms with Crippen LogP contribution in [0, 0.1) is 0 Å². The minimum Gasteiger partial charge on any atom is -0.370 e. The van der Waals surface area contributed by atoms with E-state index in [1.54, 1.807) is 0 Å². The molecule has 1 saturated heterocycles. The zero-order valence-corrected chi connectivity index (χ0v) is 13.3. The number of anilines is 2. The molecule has 0 unspecified atom stereocenters. The Hall–Kier alpha value is -1.32. The third-order valence-corrected chi connectivity index (χ3v) is 4.70. The molecule has 1 aliphatic carbocycles. The Kier molecular flexibility index (Phi) is 4.94. The Bertz CT molecular complexity index is 448. The van der Waals surface area contributed by atoms with Crippen LogP contribution in [0.15, 0.2) is 6.07 Å². The summed E-state index contributed by atoms with van der Waals surface area (Å²) >= 11 is 0. The second-order valence-electron chi connectivity index (χ2n) is 6.43. The fourth-order valence-corrected chi connectivity index (χ4v) is 3.46. The van der Waals surface area contributed by atoms with Crippen LogP contribution in [0.25, 0.3) is 0 Å². The highest BCUT2D eigenvalue weighted by Gasteiger charge is 2.22. The van der Waals surface area contributed by atoms with E-state index in [1.807, 2.05) is 0 Å². The normalized spacial score (nSPS) is 20.0. The molecule has 1 aromatic rings. The monoisotopic (exact) mass is 288 g/mol. The van der Waals surface area contributed by atoms with Gasteiger partial charge in [0.25, 0.3) is 0 Å². The second-order valence-corrected chi connectivity index (χ2v) is 6.43.